The SMILES string of the molecule is COc1ccccc1Cn1c(=O)[nH]c2ccc(N)cc21. The second kappa shape index (κ2) is 4.77. The number of methoxy groups -OCH3 is 1. The summed E-state index contributed by atoms with van der Waals surface area (Å²) in [6.07, 6.45) is 0. The minimum atomic E-state index is -0.156. The Morgan fingerprint density at radius 3 is 2.85 bits per heavy atom. The zero-order valence-corrected chi connectivity index (χ0v) is 11.1. The highest BCUT2D eigenvalue weighted by molar-refractivity contribution is 5.79. The molecule has 0 saturated carbocycles. The van der Waals surface area contributed by atoms with Crippen LogP contribution in [0.4, 0.5) is 5.69 Å². The summed E-state index contributed by atoms with van der Waals surface area (Å²) in [4.78, 5) is 14.9. The summed E-state index contributed by atoms with van der Waals surface area (Å²) in [5, 5.41) is 0. The Hall–Kier alpha value is -2.69. The summed E-state index contributed by atoms with van der Waals surface area (Å²) < 4.78 is 6.98. The third-order valence-electron chi connectivity index (χ3n) is 3.32. The Bertz CT molecular complexity index is 817. The van der Waals surface area contributed by atoms with Gasteiger partial charge in [0, 0.05) is 11.3 Å². The second-order valence-electron chi connectivity index (χ2n) is 4.60. The highest BCUT2D eigenvalue weighted by atomic mass is 16.5. The normalized spacial score (nSPS) is 10.8. The van der Waals surface area contributed by atoms with Crippen molar-refractivity contribution in [2.75, 3.05) is 12.8 Å². The van der Waals surface area contributed by atoms with Gasteiger partial charge in [0.2, 0.25) is 0 Å². The predicted octanol–water partition coefficient (Wildman–Crippen LogP) is 1.97. The number of nitrogens with one attached hydrogen (secondary N) is 1. The van der Waals surface area contributed by atoms with Crippen molar-refractivity contribution in [3.05, 3.63) is 58.5 Å². The summed E-state index contributed by atoms with van der Waals surface area (Å²) in [5.41, 5.74) is 8.79. The number of anilines is 1. The molecule has 0 aliphatic heterocycles. The summed E-state index contributed by atoms with van der Waals surface area (Å²) in [6, 6.07) is 13.0. The Kier molecular flexibility index (Phi) is 2.95. The fourth-order valence-electron chi connectivity index (χ4n) is 2.33. The van der Waals surface area contributed by atoms with E-state index in [-0.39, 0.29) is 5.69 Å². The molecule has 3 N–H and O–H groups in total. The molecule has 20 heavy (non-hydrogen) atoms. The van der Waals surface area contributed by atoms with Crippen LogP contribution in [-0.2, 0) is 6.54 Å². The lowest BCUT2D eigenvalue weighted by Gasteiger charge is -2.09. The molecule has 5 heteroatoms. The number of nitrogens with two attached hydrogens (primary N) is 1. The molecule has 5 nitrogen and oxygen atoms in total. The average Bonchev–Trinajstić information content (AvgIpc) is 2.76. The van der Waals surface area contributed by atoms with E-state index in [4.69, 9.17) is 10.5 Å². The fraction of sp³-hybridized carbons (Fsp3) is 0.133. The largest absolute Gasteiger partial charge is 0.496 e. The van der Waals surface area contributed by atoms with Gasteiger partial charge in [-0.1, -0.05) is 18.2 Å². The molecule has 0 bridgehead atoms. The molecule has 3 rings (SSSR count). The van der Waals surface area contributed by atoms with Crippen molar-refractivity contribution in [3.63, 3.8) is 0 Å². The Balaban J connectivity index is 2.13. The molecule has 1 aromatic heterocycles. The van der Waals surface area contributed by atoms with Crippen molar-refractivity contribution in [3.8, 4) is 5.75 Å². The summed E-state index contributed by atoms with van der Waals surface area (Å²) in [7, 11) is 1.62. The van der Waals surface area contributed by atoms with Crippen molar-refractivity contribution in [1.29, 1.82) is 0 Å². The van der Waals surface area contributed by atoms with Crippen LogP contribution in [0.2, 0.25) is 0 Å². The number of hydrogen-bond donors (Lipinski definition) is 2. The number of para-hydroxylation sites is 1. The third kappa shape index (κ3) is 2.03. The molecule has 0 spiro atoms. The van der Waals surface area contributed by atoms with Crippen molar-refractivity contribution in [2.45, 2.75) is 6.54 Å². The van der Waals surface area contributed by atoms with Crippen LogP contribution in [0.25, 0.3) is 11.0 Å². The van der Waals surface area contributed by atoms with Crippen LogP contribution in [0.1, 0.15) is 5.56 Å². The van der Waals surface area contributed by atoms with Crippen LogP contribution in [0.3, 0.4) is 0 Å². The highest BCUT2D eigenvalue weighted by Crippen LogP contribution is 2.20. The molecule has 0 unspecified atom stereocenters. The van der Waals surface area contributed by atoms with Crippen LogP contribution < -0.4 is 16.2 Å². The van der Waals surface area contributed by atoms with E-state index in [0.29, 0.717) is 12.2 Å². The predicted molar refractivity (Wildman–Crippen MR) is 79.1 cm³/mol. The van der Waals surface area contributed by atoms with E-state index in [2.05, 4.69) is 4.98 Å². The number of nitrogen functional groups attached to an aromatic ring is 1. The van der Waals surface area contributed by atoms with E-state index in [1.165, 1.54) is 0 Å². The number of benzene rings is 2. The number of ether oxygens (including phenoxy) is 1. The standard InChI is InChI=1S/C15H15N3O2/c1-20-14-5-3-2-4-10(14)9-18-13-8-11(16)6-7-12(13)17-15(18)19/h2-8H,9,16H2,1H3,(H,17,19). The molecule has 0 atom stereocenters. The number of rotatable bonds is 3. The van der Waals surface area contributed by atoms with Gasteiger partial charge in [0.25, 0.3) is 0 Å². The topological polar surface area (TPSA) is 73.0 Å². The van der Waals surface area contributed by atoms with Crippen molar-refractivity contribution in [2.24, 2.45) is 0 Å². The van der Waals surface area contributed by atoms with Gasteiger partial charge >= 0.3 is 5.69 Å². The Morgan fingerprint density at radius 1 is 1.25 bits per heavy atom. The van der Waals surface area contributed by atoms with Crippen molar-refractivity contribution >= 4 is 16.7 Å². The first-order valence-electron chi connectivity index (χ1n) is 6.29. The Morgan fingerprint density at radius 2 is 2.05 bits per heavy atom. The Labute approximate surface area is 115 Å². The lowest BCUT2D eigenvalue weighted by atomic mass is 10.2. The molecule has 0 saturated heterocycles. The maximum atomic E-state index is 12.1. The van der Waals surface area contributed by atoms with E-state index in [1.54, 1.807) is 23.8 Å². The van der Waals surface area contributed by atoms with Crippen LogP contribution in [0, 0.1) is 0 Å². The molecule has 0 radical (unpaired) electrons. The number of imidazole rings is 1. The van der Waals surface area contributed by atoms with Gasteiger partial charge in [-0.05, 0) is 24.3 Å². The number of aromatic amines is 1. The summed E-state index contributed by atoms with van der Waals surface area (Å²) in [5.74, 6) is 0.762. The van der Waals surface area contributed by atoms with Gasteiger partial charge in [0.05, 0.1) is 24.7 Å². The van der Waals surface area contributed by atoms with E-state index < -0.39 is 0 Å². The van der Waals surface area contributed by atoms with Gasteiger partial charge in [0.1, 0.15) is 5.75 Å². The first kappa shape index (κ1) is 12.3. The van der Waals surface area contributed by atoms with Crippen LogP contribution in [0.15, 0.2) is 47.3 Å². The first-order valence-corrected chi connectivity index (χ1v) is 6.29. The smallest absolute Gasteiger partial charge is 0.326 e. The van der Waals surface area contributed by atoms with Crippen LogP contribution in [-0.4, -0.2) is 16.7 Å². The average molecular weight is 269 g/mol. The monoisotopic (exact) mass is 269 g/mol. The molecular formula is C15H15N3O2. The second-order valence-corrected chi connectivity index (χ2v) is 4.60. The zero-order chi connectivity index (χ0) is 14.1. The number of hydrogen-bond acceptors (Lipinski definition) is 3. The minimum absolute atomic E-state index is 0.156. The molecule has 0 aliphatic carbocycles. The van der Waals surface area contributed by atoms with Gasteiger partial charge in [-0.25, -0.2) is 4.79 Å². The van der Waals surface area contributed by atoms with E-state index >= 15 is 0 Å². The first-order chi connectivity index (χ1) is 9.69. The molecule has 0 fully saturated rings. The maximum Gasteiger partial charge on any atom is 0.326 e. The van der Waals surface area contributed by atoms with Gasteiger partial charge in [-0.15, -0.1) is 0 Å². The van der Waals surface area contributed by atoms with Gasteiger partial charge < -0.3 is 15.5 Å². The van der Waals surface area contributed by atoms with E-state index in [9.17, 15) is 4.79 Å². The molecule has 3 aromatic rings. The van der Waals surface area contributed by atoms with Crippen molar-refractivity contribution < 1.29 is 4.74 Å². The van der Waals surface area contributed by atoms with Crippen molar-refractivity contribution in [1.82, 2.24) is 9.55 Å². The number of fused-ring (bicyclic) bond motifs is 1. The summed E-state index contributed by atoms with van der Waals surface area (Å²) >= 11 is 0. The van der Waals surface area contributed by atoms with Crippen LogP contribution >= 0.6 is 0 Å². The molecule has 0 aliphatic rings. The quantitative estimate of drug-likeness (QED) is 0.714. The third-order valence-corrected chi connectivity index (χ3v) is 3.32. The van der Waals surface area contributed by atoms with E-state index in [0.717, 1.165) is 22.3 Å². The maximum absolute atomic E-state index is 12.1. The van der Waals surface area contributed by atoms with Gasteiger partial charge in [-0.2, -0.15) is 0 Å². The molecule has 1 heterocycles. The minimum Gasteiger partial charge on any atom is -0.496 e. The number of H-pyrrole nitrogens is 1. The molecule has 2 aromatic carbocycles. The van der Waals surface area contributed by atoms with Gasteiger partial charge in [-0.3, -0.25) is 4.57 Å². The van der Waals surface area contributed by atoms with Gasteiger partial charge in [0.15, 0.2) is 0 Å². The number of aromatic nitrogens is 2. The highest BCUT2D eigenvalue weighted by Gasteiger charge is 2.10. The number of nitrogens with zero attached hydrogens (tertiary/aromatic N) is 1. The van der Waals surface area contributed by atoms with Crippen LogP contribution in [0.5, 0.6) is 5.75 Å². The lowest BCUT2D eigenvalue weighted by Crippen LogP contribution is -2.17. The van der Waals surface area contributed by atoms with E-state index in [1.807, 2.05) is 30.3 Å². The molecular weight excluding hydrogens is 254 g/mol. The zero-order valence-electron chi connectivity index (χ0n) is 11.1. The molecule has 102 valence electrons. The molecule has 0 amide bonds. The fourth-order valence-corrected chi connectivity index (χ4v) is 2.33. The lowest BCUT2D eigenvalue weighted by molar-refractivity contribution is 0.408. The summed E-state index contributed by atoms with van der Waals surface area (Å²) in [6.45, 7) is 0.437.